The molecule has 1 N–H and O–H groups in total. The number of hydrogen-bond donors (Lipinski definition) is 1. The SMILES string of the molecule is O=C(c1cccc(F)c1)N1CCCC(O)(COc2ccc(F)cc2)CC1. The number of halogens is 2. The predicted octanol–water partition coefficient (Wildman–Crippen LogP) is 3.40. The summed E-state index contributed by atoms with van der Waals surface area (Å²) in [6, 6.07) is 11.2. The number of amides is 1. The van der Waals surface area contributed by atoms with Crippen molar-refractivity contribution in [3.63, 3.8) is 0 Å². The van der Waals surface area contributed by atoms with Crippen LogP contribution in [0.15, 0.2) is 48.5 Å². The van der Waals surface area contributed by atoms with E-state index in [-0.39, 0.29) is 18.3 Å². The van der Waals surface area contributed by atoms with Gasteiger partial charge in [-0.25, -0.2) is 8.78 Å². The van der Waals surface area contributed by atoms with Crippen LogP contribution in [0.3, 0.4) is 0 Å². The fourth-order valence-corrected chi connectivity index (χ4v) is 3.08. The van der Waals surface area contributed by atoms with Crippen molar-refractivity contribution in [2.75, 3.05) is 19.7 Å². The van der Waals surface area contributed by atoms with Crippen LogP contribution in [-0.2, 0) is 0 Å². The zero-order valence-corrected chi connectivity index (χ0v) is 14.3. The summed E-state index contributed by atoms with van der Waals surface area (Å²) in [4.78, 5) is 14.2. The molecule has 1 unspecified atom stereocenters. The van der Waals surface area contributed by atoms with Crippen molar-refractivity contribution in [2.45, 2.75) is 24.9 Å². The van der Waals surface area contributed by atoms with Crippen molar-refractivity contribution < 1.29 is 23.4 Å². The first kappa shape index (κ1) is 18.3. The number of ether oxygens (including phenoxy) is 1. The van der Waals surface area contributed by atoms with E-state index in [1.54, 1.807) is 11.0 Å². The third-order valence-electron chi connectivity index (χ3n) is 4.60. The summed E-state index contributed by atoms with van der Waals surface area (Å²) in [5.41, 5.74) is -0.760. The molecule has 6 heteroatoms. The van der Waals surface area contributed by atoms with E-state index < -0.39 is 11.4 Å². The fourth-order valence-electron chi connectivity index (χ4n) is 3.08. The van der Waals surface area contributed by atoms with E-state index in [0.717, 1.165) is 0 Å². The fraction of sp³-hybridized carbons (Fsp3) is 0.350. The summed E-state index contributed by atoms with van der Waals surface area (Å²) in [7, 11) is 0. The lowest BCUT2D eigenvalue weighted by Gasteiger charge is -2.27. The first-order chi connectivity index (χ1) is 12.5. The van der Waals surface area contributed by atoms with Gasteiger partial charge in [-0.3, -0.25) is 4.79 Å². The Morgan fingerprint density at radius 3 is 2.58 bits per heavy atom. The quantitative estimate of drug-likeness (QED) is 0.908. The second kappa shape index (κ2) is 7.83. The molecule has 1 atom stereocenters. The van der Waals surface area contributed by atoms with Crippen LogP contribution < -0.4 is 4.74 Å². The van der Waals surface area contributed by atoms with Gasteiger partial charge in [0.15, 0.2) is 0 Å². The standard InChI is InChI=1S/C20H21F2NO3/c21-16-5-7-18(8-6-16)26-14-20(25)9-2-11-23(12-10-20)19(24)15-3-1-4-17(22)13-15/h1,3-8,13,25H,2,9-12,14H2. The zero-order chi connectivity index (χ0) is 18.6. The lowest BCUT2D eigenvalue weighted by Crippen LogP contribution is -2.38. The van der Waals surface area contributed by atoms with Gasteiger partial charge in [0.05, 0.1) is 0 Å². The van der Waals surface area contributed by atoms with Crippen LogP contribution in [0.25, 0.3) is 0 Å². The van der Waals surface area contributed by atoms with Gasteiger partial charge in [0.1, 0.15) is 29.6 Å². The molecule has 26 heavy (non-hydrogen) atoms. The van der Waals surface area contributed by atoms with E-state index in [2.05, 4.69) is 0 Å². The molecule has 0 aromatic heterocycles. The third-order valence-corrected chi connectivity index (χ3v) is 4.60. The van der Waals surface area contributed by atoms with Crippen LogP contribution in [0.1, 0.15) is 29.6 Å². The molecule has 3 rings (SSSR count). The average molecular weight is 361 g/mol. The summed E-state index contributed by atoms with van der Waals surface area (Å²) in [5.74, 6) is -0.558. The molecule has 1 aliphatic rings. The minimum absolute atomic E-state index is 0.0701. The van der Waals surface area contributed by atoms with Crippen molar-refractivity contribution in [3.05, 3.63) is 65.7 Å². The highest BCUT2D eigenvalue weighted by atomic mass is 19.1. The average Bonchev–Trinajstić information content (AvgIpc) is 2.83. The highest BCUT2D eigenvalue weighted by molar-refractivity contribution is 5.94. The Kier molecular flexibility index (Phi) is 5.52. The molecule has 0 saturated carbocycles. The molecule has 4 nitrogen and oxygen atoms in total. The van der Waals surface area contributed by atoms with E-state index in [9.17, 15) is 18.7 Å². The van der Waals surface area contributed by atoms with Crippen molar-refractivity contribution >= 4 is 5.91 Å². The van der Waals surface area contributed by atoms with Crippen molar-refractivity contribution in [1.29, 1.82) is 0 Å². The minimum Gasteiger partial charge on any atom is -0.491 e. The Labute approximate surface area is 151 Å². The van der Waals surface area contributed by atoms with Crippen LogP contribution in [0, 0.1) is 11.6 Å². The van der Waals surface area contributed by atoms with Gasteiger partial charge >= 0.3 is 0 Å². The van der Waals surface area contributed by atoms with E-state index >= 15 is 0 Å². The van der Waals surface area contributed by atoms with E-state index in [4.69, 9.17) is 4.74 Å². The lowest BCUT2D eigenvalue weighted by atomic mass is 9.96. The smallest absolute Gasteiger partial charge is 0.253 e. The van der Waals surface area contributed by atoms with Gasteiger partial charge in [-0.05, 0) is 61.7 Å². The Morgan fingerprint density at radius 1 is 1.08 bits per heavy atom. The van der Waals surface area contributed by atoms with Crippen molar-refractivity contribution in [1.82, 2.24) is 4.90 Å². The molecular weight excluding hydrogens is 340 g/mol. The first-order valence-corrected chi connectivity index (χ1v) is 8.61. The third kappa shape index (κ3) is 4.58. The molecule has 2 aromatic rings. The number of aliphatic hydroxyl groups is 1. The summed E-state index contributed by atoms with van der Waals surface area (Å²) in [6.45, 7) is 0.924. The van der Waals surface area contributed by atoms with Crippen LogP contribution in [0.5, 0.6) is 5.75 Å². The molecular formula is C20H21F2NO3. The minimum atomic E-state index is -1.06. The molecule has 0 spiro atoms. The molecule has 0 aliphatic carbocycles. The largest absolute Gasteiger partial charge is 0.491 e. The van der Waals surface area contributed by atoms with Gasteiger partial charge < -0.3 is 14.7 Å². The van der Waals surface area contributed by atoms with Gasteiger partial charge in [-0.2, -0.15) is 0 Å². The van der Waals surface area contributed by atoms with Crippen molar-refractivity contribution in [3.8, 4) is 5.75 Å². The number of benzene rings is 2. The zero-order valence-electron chi connectivity index (χ0n) is 14.3. The van der Waals surface area contributed by atoms with Crippen LogP contribution in [-0.4, -0.2) is 41.2 Å². The van der Waals surface area contributed by atoms with Crippen molar-refractivity contribution in [2.24, 2.45) is 0 Å². The van der Waals surface area contributed by atoms with Gasteiger partial charge in [-0.15, -0.1) is 0 Å². The highest BCUT2D eigenvalue weighted by Gasteiger charge is 2.32. The Bertz CT molecular complexity index is 766. The van der Waals surface area contributed by atoms with E-state index in [1.165, 1.54) is 42.5 Å². The van der Waals surface area contributed by atoms with Crippen LogP contribution in [0.4, 0.5) is 8.78 Å². The predicted molar refractivity (Wildman–Crippen MR) is 93.0 cm³/mol. The maximum Gasteiger partial charge on any atom is 0.253 e. The number of carbonyl (C=O) groups excluding carboxylic acids is 1. The Balaban J connectivity index is 1.59. The van der Waals surface area contributed by atoms with E-state index in [0.29, 0.717) is 43.7 Å². The Morgan fingerprint density at radius 2 is 1.85 bits per heavy atom. The molecule has 0 radical (unpaired) electrons. The maximum absolute atomic E-state index is 13.3. The maximum atomic E-state index is 13.3. The lowest BCUT2D eigenvalue weighted by molar-refractivity contribution is -0.0163. The first-order valence-electron chi connectivity index (χ1n) is 8.61. The second-order valence-electron chi connectivity index (χ2n) is 6.62. The van der Waals surface area contributed by atoms with Crippen LogP contribution in [0.2, 0.25) is 0 Å². The molecule has 0 bridgehead atoms. The van der Waals surface area contributed by atoms with Crippen LogP contribution >= 0.6 is 0 Å². The summed E-state index contributed by atoms with van der Waals surface area (Å²) in [6.07, 6.45) is 1.46. The molecule has 1 amide bonds. The number of rotatable bonds is 4. The Hall–Kier alpha value is -2.47. The number of hydrogen-bond acceptors (Lipinski definition) is 3. The molecule has 1 heterocycles. The van der Waals surface area contributed by atoms with Gasteiger partial charge in [0, 0.05) is 18.7 Å². The number of nitrogens with zero attached hydrogens (tertiary/aromatic N) is 1. The summed E-state index contributed by atoms with van der Waals surface area (Å²) in [5, 5.41) is 10.8. The van der Waals surface area contributed by atoms with Gasteiger partial charge in [0.25, 0.3) is 5.91 Å². The number of carbonyl (C=O) groups is 1. The topological polar surface area (TPSA) is 49.8 Å². The molecule has 1 saturated heterocycles. The van der Waals surface area contributed by atoms with Gasteiger partial charge in [0.2, 0.25) is 0 Å². The highest BCUT2D eigenvalue weighted by Crippen LogP contribution is 2.25. The van der Waals surface area contributed by atoms with Gasteiger partial charge in [-0.1, -0.05) is 6.07 Å². The summed E-state index contributed by atoms with van der Waals surface area (Å²) >= 11 is 0. The molecule has 1 aliphatic heterocycles. The molecule has 1 fully saturated rings. The van der Waals surface area contributed by atoms with E-state index in [1.807, 2.05) is 0 Å². The number of likely N-dealkylation sites (tertiary alicyclic amines) is 1. The second-order valence-corrected chi connectivity index (χ2v) is 6.62. The molecule has 138 valence electrons. The summed E-state index contributed by atoms with van der Waals surface area (Å²) < 4.78 is 31.8. The molecule has 2 aromatic carbocycles. The normalized spacial score (nSPS) is 20.5. The monoisotopic (exact) mass is 361 g/mol.